The number of carbonyl (C=O) groups excluding carboxylic acids is 4. The lowest BCUT2D eigenvalue weighted by atomic mass is 10.1. The van der Waals surface area contributed by atoms with Gasteiger partial charge in [-0.05, 0) is 32.4 Å². The van der Waals surface area contributed by atoms with E-state index in [1.165, 1.54) is 26.4 Å². The lowest BCUT2D eigenvalue weighted by Gasteiger charge is -2.17. The number of benzene rings is 1. The molecular weight excluding hydrogens is 466 g/mol. The molecule has 1 aromatic rings. The molecule has 1 aliphatic heterocycles. The number of nitrogens with zero attached hydrogens (tertiary/aromatic N) is 1. The van der Waals surface area contributed by atoms with Crippen molar-refractivity contribution < 1.29 is 43.0 Å². The number of amides is 2. The minimum atomic E-state index is -0.854. The molecule has 13 heteroatoms. The van der Waals surface area contributed by atoms with Gasteiger partial charge in [-0.2, -0.15) is 0 Å². The molecule has 194 valence electrons. The zero-order chi connectivity index (χ0) is 26.4. The standard InChI is InChI=1S/C18H26N2O8.C4H5NO2/c1-12(28-18(22)6-4-8-19)13-10-15(25-2)16(11-14(13)20(23)24)27-9-5-7-17(21)26-3;6-3-1-2-4(7)5-3/h10-12H,4-9,19H2,1-3H3;1-2H2,(H,5,6,7). The molecule has 1 aromatic carbocycles. The van der Waals surface area contributed by atoms with Gasteiger partial charge in [0.25, 0.3) is 5.69 Å². The van der Waals surface area contributed by atoms with Crippen molar-refractivity contribution in [2.45, 2.75) is 51.6 Å². The summed E-state index contributed by atoms with van der Waals surface area (Å²) in [5.41, 5.74) is 5.28. The number of hydrogen-bond donors (Lipinski definition) is 2. The van der Waals surface area contributed by atoms with Crippen LogP contribution in [-0.2, 0) is 28.7 Å². The number of ether oxygens (including phenoxy) is 4. The molecular formula is C22H31N3O10. The van der Waals surface area contributed by atoms with Crippen LogP contribution >= 0.6 is 0 Å². The van der Waals surface area contributed by atoms with Crippen LogP contribution in [0.4, 0.5) is 5.69 Å². The summed E-state index contributed by atoms with van der Waals surface area (Å²) in [5.74, 6) is -0.750. The summed E-state index contributed by atoms with van der Waals surface area (Å²) >= 11 is 0. The van der Waals surface area contributed by atoms with Gasteiger partial charge in [-0.3, -0.25) is 34.6 Å². The molecule has 1 saturated heterocycles. The van der Waals surface area contributed by atoms with Crippen LogP contribution in [-0.4, -0.2) is 56.0 Å². The number of nitrogens with two attached hydrogens (primary N) is 1. The molecule has 1 unspecified atom stereocenters. The number of esters is 2. The number of nitrogens with one attached hydrogen (secondary N) is 1. The first-order valence-electron chi connectivity index (χ1n) is 10.9. The summed E-state index contributed by atoms with van der Waals surface area (Å²) in [6.07, 6.45) is 1.03. The van der Waals surface area contributed by atoms with Crippen LogP contribution in [0.25, 0.3) is 0 Å². The Morgan fingerprint density at radius 2 is 1.71 bits per heavy atom. The van der Waals surface area contributed by atoms with Crippen molar-refractivity contribution in [3.63, 3.8) is 0 Å². The van der Waals surface area contributed by atoms with E-state index < -0.39 is 17.0 Å². The van der Waals surface area contributed by atoms with E-state index in [-0.39, 0.29) is 60.0 Å². The van der Waals surface area contributed by atoms with E-state index in [4.69, 9.17) is 19.9 Å². The second kappa shape index (κ2) is 15.2. The maximum absolute atomic E-state index is 11.8. The zero-order valence-electron chi connectivity index (χ0n) is 20.0. The topological polar surface area (TPSA) is 186 Å². The van der Waals surface area contributed by atoms with Gasteiger partial charge in [0.1, 0.15) is 6.10 Å². The van der Waals surface area contributed by atoms with Gasteiger partial charge in [0.15, 0.2) is 11.5 Å². The summed E-state index contributed by atoms with van der Waals surface area (Å²) in [6.45, 7) is 2.03. The monoisotopic (exact) mass is 497 g/mol. The van der Waals surface area contributed by atoms with Gasteiger partial charge in [0, 0.05) is 25.7 Å². The average Bonchev–Trinajstić information content (AvgIpc) is 3.22. The molecule has 0 radical (unpaired) electrons. The van der Waals surface area contributed by atoms with Gasteiger partial charge >= 0.3 is 11.9 Å². The van der Waals surface area contributed by atoms with Crippen molar-refractivity contribution in [1.82, 2.24) is 5.32 Å². The average molecular weight is 498 g/mol. The number of nitro groups is 1. The first-order valence-corrected chi connectivity index (χ1v) is 10.9. The number of nitro benzene ring substituents is 1. The molecule has 0 bridgehead atoms. The minimum Gasteiger partial charge on any atom is -0.493 e. The van der Waals surface area contributed by atoms with Crippen molar-refractivity contribution in [2.24, 2.45) is 5.73 Å². The largest absolute Gasteiger partial charge is 0.493 e. The molecule has 1 aliphatic rings. The minimum absolute atomic E-state index is 0.132. The van der Waals surface area contributed by atoms with E-state index in [0.717, 1.165) is 0 Å². The predicted octanol–water partition coefficient (Wildman–Crippen LogP) is 1.70. The van der Waals surface area contributed by atoms with Crippen LogP contribution in [0.5, 0.6) is 11.5 Å². The smallest absolute Gasteiger partial charge is 0.306 e. The van der Waals surface area contributed by atoms with Crippen molar-refractivity contribution in [3.05, 3.63) is 27.8 Å². The Balaban J connectivity index is 0.000000744. The van der Waals surface area contributed by atoms with Crippen molar-refractivity contribution in [1.29, 1.82) is 0 Å². The summed E-state index contributed by atoms with van der Waals surface area (Å²) in [5, 5.41) is 13.6. The zero-order valence-corrected chi connectivity index (χ0v) is 20.0. The molecule has 0 aromatic heterocycles. The van der Waals surface area contributed by atoms with E-state index in [9.17, 15) is 29.3 Å². The molecule has 3 N–H and O–H groups in total. The second-order valence-corrected chi connectivity index (χ2v) is 7.34. The molecule has 1 heterocycles. The van der Waals surface area contributed by atoms with Gasteiger partial charge in [0.2, 0.25) is 11.8 Å². The molecule has 2 rings (SSSR count). The second-order valence-electron chi connectivity index (χ2n) is 7.34. The Kier molecular flexibility index (Phi) is 12.7. The molecule has 13 nitrogen and oxygen atoms in total. The number of carbonyl (C=O) groups is 4. The Morgan fingerprint density at radius 1 is 1.09 bits per heavy atom. The van der Waals surface area contributed by atoms with Crippen LogP contribution in [0.1, 0.15) is 57.1 Å². The number of rotatable bonds is 12. The van der Waals surface area contributed by atoms with Crippen LogP contribution in [0.2, 0.25) is 0 Å². The normalized spacial score (nSPS) is 13.1. The van der Waals surface area contributed by atoms with Crippen LogP contribution in [0.15, 0.2) is 12.1 Å². The van der Waals surface area contributed by atoms with Gasteiger partial charge < -0.3 is 24.7 Å². The van der Waals surface area contributed by atoms with Gasteiger partial charge in [-0.15, -0.1) is 0 Å². The lowest BCUT2D eigenvalue weighted by Crippen LogP contribution is -2.18. The number of imide groups is 1. The van der Waals surface area contributed by atoms with E-state index in [1.807, 2.05) is 0 Å². The fourth-order valence-electron chi connectivity index (χ4n) is 2.90. The maximum Gasteiger partial charge on any atom is 0.306 e. The first-order chi connectivity index (χ1) is 16.6. The van der Waals surface area contributed by atoms with E-state index in [1.54, 1.807) is 6.92 Å². The van der Waals surface area contributed by atoms with Crippen LogP contribution in [0, 0.1) is 10.1 Å². The van der Waals surface area contributed by atoms with Crippen molar-refractivity contribution in [2.75, 3.05) is 27.4 Å². The van der Waals surface area contributed by atoms with E-state index >= 15 is 0 Å². The lowest BCUT2D eigenvalue weighted by molar-refractivity contribution is -0.386. The molecule has 1 fully saturated rings. The first kappa shape index (κ1) is 29.3. The fraction of sp³-hybridized carbons (Fsp3) is 0.545. The van der Waals surface area contributed by atoms with Crippen LogP contribution < -0.4 is 20.5 Å². The quantitative estimate of drug-likeness (QED) is 0.141. The molecule has 2 amide bonds. The third-order valence-electron chi connectivity index (χ3n) is 4.71. The number of hydrogen-bond acceptors (Lipinski definition) is 11. The Labute approximate surface area is 202 Å². The molecule has 0 aliphatic carbocycles. The Bertz CT molecular complexity index is 905. The highest BCUT2D eigenvalue weighted by atomic mass is 16.6. The number of methoxy groups -OCH3 is 2. The molecule has 0 saturated carbocycles. The highest BCUT2D eigenvalue weighted by Gasteiger charge is 2.26. The SMILES string of the molecule is COC(=O)CCCOc1cc([N+](=O)[O-])c(C(C)OC(=O)CCCN)cc1OC.O=C1CCC(=O)N1. The summed E-state index contributed by atoms with van der Waals surface area (Å²) in [6, 6.07) is 2.63. The third kappa shape index (κ3) is 10.4. The highest BCUT2D eigenvalue weighted by molar-refractivity contribution is 6.01. The summed E-state index contributed by atoms with van der Waals surface area (Å²) in [4.78, 5) is 54.1. The summed E-state index contributed by atoms with van der Waals surface area (Å²) in [7, 11) is 2.68. The molecule has 1 atom stereocenters. The van der Waals surface area contributed by atoms with E-state index in [0.29, 0.717) is 32.2 Å². The molecule has 35 heavy (non-hydrogen) atoms. The predicted molar refractivity (Wildman–Crippen MR) is 122 cm³/mol. The van der Waals surface area contributed by atoms with Gasteiger partial charge in [-0.25, -0.2) is 0 Å². The van der Waals surface area contributed by atoms with Crippen molar-refractivity contribution in [3.8, 4) is 11.5 Å². The third-order valence-corrected chi connectivity index (χ3v) is 4.71. The van der Waals surface area contributed by atoms with Crippen LogP contribution in [0.3, 0.4) is 0 Å². The van der Waals surface area contributed by atoms with Crippen molar-refractivity contribution >= 4 is 29.4 Å². The summed E-state index contributed by atoms with van der Waals surface area (Å²) < 4.78 is 20.6. The highest BCUT2D eigenvalue weighted by Crippen LogP contribution is 2.38. The van der Waals surface area contributed by atoms with E-state index in [2.05, 4.69) is 10.1 Å². The van der Waals surface area contributed by atoms with Gasteiger partial charge in [-0.1, -0.05) is 0 Å². The Hall–Kier alpha value is -3.74. The maximum atomic E-state index is 11.8. The fourth-order valence-corrected chi connectivity index (χ4v) is 2.90. The molecule has 0 spiro atoms. The Morgan fingerprint density at radius 3 is 2.20 bits per heavy atom. The van der Waals surface area contributed by atoms with Gasteiger partial charge in [0.05, 0.1) is 37.4 Å².